The minimum Gasteiger partial charge on any atom is -0.481 e. The molecule has 1 rings (SSSR count). The van der Waals surface area contributed by atoms with Crippen LogP contribution in [0.3, 0.4) is 0 Å². The van der Waals surface area contributed by atoms with Crippen molar-refractivity contribution in [2.24, 2.45) is 11.3 Å². The predicted molar refractivity (Wildman–Crippen MR) is 87.4 cm³/mol. The van der Waals surface area contributed by atoms with Crippen molar-refractivity contribution in [2.45, 2.75) is 72.0 Å². The molecular weight excluding hydrogens is 298 g/mol. The number of rotatable bonds is 9. The van der Waals surface area contributed by atoms with Crippen molar-refractivity contribution < 1.29 is 24.2 Å². The number of amides is 1. The monoisotopic (exact) mass is 329 g/mol. The molecule has 0 aromatic carbocycles. The van der Waals surface area contributed by atoms with Gasteiger partial charge in [0.25, 0.3) is 0 Å². The Bertz CT molecular complexity index is 412. The zero-order chi connectivity index (χ0) is 17.7. The summed E-state index contributed by atoms with van der Waals surface area (Å²) in [5, 5.41) is 12.4. The van der Waals surface area contributed by atoms with Crippen molar-refractivity contribution in [3.8, 4) is 0 Å². The fourth-order valence-corrected chi connectivity index (χ4v) is 2.45. The summed E-state index contributed by atoms with van der Waals surface area (Å²) in [5.74, 6) is -0.446. The normalized spacial score (nSPS) is 17.7. The summed E-state index contributed by atoms with van der Waals surface area (Å²) in [6, 6.07) is 0. The first-order valence-electron chi connectivity index (χ1n) is 8.36. The van der Waals surface area contributed by atoms with Crippen molar-refractivity contribution in [3.63, 3.8) is 0 Å². The zero-order valence-electron chi connectivity index (χ0n) is 15.0. The molecule has 1 aliphatic carbocycles. The molecule has 0 aromatic rings. The van der Waals surface area contributed by atoms with Crippen molar-refractivity contribution in [2.75, 3.05) is 13.2 Å². The summed E-state index contributed by atoms with van der Waals surface area (Å²) >= 11 is 0. The molecule has 6 heteroatoms. The van der Waals surface area contributed by atoms with Crippen molar-refractivity contribution in [1.82, 2.24) is 5.32 Å². The van der Waals surface area contributed by atoms with Crippen molar-refractivity contribution >= 4 is 12.1 Å². The standard InChI is InChI=1S/C17H31NO5/c1-12(2)22-9-8-17(14(19)20,10-13-6-7-13)11-18-15(21)23-16(3,4)5/h12-13H,6-11H2,1-5H3,(H,18,21)(H,19,20). The maximum atomic E-state index is 11.9. The van der Waals surface area contributed by atoms with E-state index >= 15 is 0 Å². The Morgan fingerprint density at radius 2 is 1.87 bits per heavy atom. The molecule has 1 atom stereocenters. The second-order valence-corrected chi connectivity index (χ2v) is 7.76. The molecule has 2 N–H and O–H groups in total. The van der Waals surface area contributed by atoms with E-state index in [0.29, 0.717) is 25.4 Å². The van der Waals surface area contributed by atoms with Crippen LogP contribution < -0.4 is 5.32 Å². The van der Waals surface area contributed by atoms with Crippen LogP contribution in [-0.2, 0) is 14.3 Å². The summed E-state index contributed by atoms with van der Waals surface area (Å²) in [6.07, 6.45) is 2.55. The highest BCUT2D eigenvalue weighted by Crippen LogP contribution is 2.42. The average Bonchev–Trinajstić information content (AvgIpc) is 3.16. The van der Waals surface area contributed by atoms with Gasteiger partial charge in [-0.1, -0.05) is 12.8 Å². The van der Waals surface area contributed by atoms with Crippen LogP contribution in [0.2, 0.25) is 0 Å². The Labute approximate surface area is 138 Å². The molecule has 6 nitrogen and oxygen atoms in total. The lowest BCUT2D eigenvalue weighted by molar-refractivity contribution is -0.151. The maximum Gasteiger partial charge on any atom is 0.407 e. The van der Waals surface area contributed by atoms with E-state index in [1.165, 1.54) is 0 Å². The highest BCUT2D eigenvalue weighted by molar-refractivity contribution is 5.76. The van der Waals surface area contributed by atoms with Crippen LogP contribution in [0.1, 0.15) is 60.3 Å². The van der Waals surface area contributed by atoms with E-state index in [2.05, 4.69) is 5.32 Å². The molecule has 0 heterocycles. The van der Waals surface area contributed by atoms with Crippen LogP contribution in [0.5, 0.6) is 0 Å². The van der Waals surface area contributed by atoms with Crippen LogP contribution >= 0.6 is 0 Å². The molecule has 1 unspecified atom stereocenters. The fourth-order valence-electron chi connectivity index (χ4n) is 2.45. The largest absolute Gasteiger partial charge is 0.481 e. The SMILES string of the molecule is CC(C)OCCC(CNC(=O)OC(C)(C)C)(CC1CC1)C(=O)O. The highest BCUT2D eigenvalue weighted by Gasteiger charge is 2.43. The minimum absolute atomic E-state index is 0.0567. The highest BCUT2D eigenvalue weighted by atomic mass is 16.6. The molecule has 1 amide bonds. The van der Waals surface area contributed by atoms with E-state index in [9.17, 15) is 14.7 Å². The van der Waals surface area contributed by atoms with E-state index in [-0.39, 0.29) is 12.6 Å². The number of ether oxygens (including phenoxy) is 2. The van der Waals surface area contributed by atoms with Gasteiger partial charge in [-0.3, -0.25) is 4.79 Å². The number of hydrogen-bond donors (Lipinski definition) is 2. The molecule has 0 aromatic heterocycles. The molecule has 1 fully saturated rings. The minimum atomic E-state index is -0.993. The zero-order valence-corrected chi connectivity index (χ0v) is 15.0. The molecule has 23 heavy (non-hydrogen) atoms. The van der Waals surface area contributed by atoms with Crippen LogP contribution in [0.25, 0.3) is 0 Å². The van der Waals surface area contributed by atoms with Gasteiger partial charge in [-0.25, -0.2) is 4.79 Å². The van der Waals surface area contributed by atoms with Gasteiger partial charge in [0.05, 0.1) is 11.5 Å². The van der Waals surface area contributed by atoms with Gasteiger partial charge in [-0.15, -0.1) is 0 Å². The maximum absolute atomic E-state index is 11.9. The summed E-state index contributed by atoms with van der Waals surface area (Å²) in [4.78, 5) is 23.8. The number of carbonyl (C=O) groups is 2. The first-order valence-corrected chi connectivity index (χ1v) is 8.36. The Balaban J connectivity index is 2.68. The summed E-state index contributed by atoms with van der Waals surface area (Å²) in [6.45, 7) is 9.60. The van der Waals surface area contributed by atoms with E-state index < -0.39 is 23.1 Å². The number of aliphatic carboxylic acids is 1. The molecule has 134 valence electrons. The Morgan fingerprint density at radius 1 is 1.26 bits per heavy atom. The lowest BCUT2D eigenvalue weighted by atomic mass is 9.79. The number of carboxylic acid groups (broad SMARTS) is 1. The Kier molecular flexibility index (Phi) is 6.86. The average molecular weight is 329 g/mol. The van der Waals surface area contributed by atoms with Gasteiger partial charge in [0.1, 0.15) is 5.60 Å². The molecule has 0 radical (unpaired) electrons. The number of carbonyl (C=O) groups excluding carboxylic acids is 1. The number of alkyl carbamates (subject to hydrolysis) is 1. The third kappa shape index (κ3) is 7.68. The van der Waals surface area contributed by atoms with Crippen molar-refractivity contribution in [1.29, 1.82) is 0 Å². The lowest BCUT2D eigenvalue weighted by Crippen LogP contribution is -2.45. The van der Waals surface area contributed by atoms with Gasteiger partial charge in [0, 0.05) is 13.2 Å². The molecule has 0 saturated heterocycles. The first-order chi connectivity index (χ1) is 10.5. The molecule has 0 aliphatic heterocycles. The topological polar surface area (TPSA) is 84.9 Å². The second kappa shape index (κ2) is 7.99. The summed E-state index contributed by atoms with van der Waals surface area (Å²) in [7, 11) is 0. The quantitative estimate of drug-likeness (QED) is 0.678. The third-order valence-corrected chi connectivity index (χ3v) is 3.83. The first kappa shape index (κ1) is 19.7. The fraction of sp³-hybridized carbons (Fsp3) is 0.882. The Hall–Kier alpha value is -1.30. The van der Waals surface area contributed by atoms with E-state index in [1.54, 1.807) is 20.8 Å². The van der Waals surface area contributed by atoms with Crippen LogP contribution in [0.15, 0.2) is 0 Å². The van der Waals surface area contributed by atoms with Gasteiger partial charge in [0.2, 0.25) is 0 Å². The smallest absolute Gasteiger partial charge is 0.407 e. The van der Waals surface area contributed by atoms with E-state index in [4.69, 9.17) is 9.47 Å². The third-order valence-electron chi connectivity index (χ3n) is 3.83. The van der Waals surface area contributed by atoms with Gasteiger partial charge in [0.15, 0.2) is 0 Å². The molecule has 1 saturated carbocycles. The van der Waals surface area contributed by atoms with Crippen molar-refractivity contribution in [3.05, 3.63) is 0 Å². The van der Waals surface area contributed by atoms with Crippen LogP contribution in [-0.4, -0.2) is 42.0 Å². The number of hydrogen-bond acceptors (Lipinski definition) is 4. The predicted octanol–water partition coefficient (Wildman–Crippen LogP) is 3.20. The number of nitrogens with one attached hydrogen (secondary N) is 1. The van der Waals surface area contributed by atoms with Gasteiger partial charge in [-0.2, -0.15) is 0 Å². The summed E-state index contributed by atoms with van der Waals surface area (Å²) in [5.41, 5.74) is -1.60. The molecule has 0 bridgehead atoms. The van der Waals surface area contributed by atoms with E-state index in [1.807, 2.05) is 13.8 Å². The second-order valence-electron chi connectivity index (χ2n) is 7.76. The Morgan fingerprint density at radius 3 is 2.30 bits per heavy atom. The summed E-state index contributed by atoms with van der Waals surface area (Å²) < 4.78 is 10.7. The molecule has 0 spiro atoms. The molecule has 1 aliphatic rings. The van der Waals surface area contributed by atoms with Crippen LogP contribution in [0, 0.1) is 11.3 Å². The molecular formula is C17H31NO5. The van der Waals surface area contributed by atoms with Crippen LogP contribution in [0.4, 0.5) is 4.79 Å². The van der Waals surface area contributed by atoms with Gasteiger partial charge >= 0.3 is 12.1 Å². The van der Waals surface area contributed by atoms with Gasteiger partial charge < -0.3 is 19.9 Å². The lowest BCUT2D eigenvalue weighted by Gasteiger charge is -2.30. The van der Waals surface area contributed by atoms with Gasteiger partial charge in [-0.05, 0) is 53.4 Å². The number of carboxylic acids is 1. The van der Waals surface area contributed by atoms with E-state index in [0.717, 1.165) is 12.8 Å².